The number of rotatable bonds is 6. The summed E-state index contributed by atoms with van der Waals surface area (Å²) in [5.74, 6) is -0.355. The highest BCUT2D eigenvalue weighted by Crippen LogP contribution is 2.34. The summed E-state index contributed by atoms with van der Waals surface area (Å²) in [6, 6.07) is 8.85. The molecule has 0 unspecified atom stereocenters. The van der Waals surface area contributed by atoms with Crippen molar-refractivity contribution in [3.05, 3.63) is 70.8 Å². The number of benzene rings is 1. The molecule has 0 saturated heterocycles. The molecule has 4 rings (SSSR count). The van der Waals surface area contributed by atoms with Crippen LogP contribution >= 0.6 is 0 Å². The van der Waals surface area contributed by atoms with E-state index in [-0.39, 0.29) is 23.3 Å². The highest BCUT2D eigenvalue weighted by molar-refractivity contribution is 7.90. The van der Waals surface area contributed by atoms with E-state index in [0.717, 1.165) is 41.5 Å². The Labute approximate surface area is 187 Å². The Morgan fingerprint density at radius 2 is 2.06 bits per heavy atom. The molecule has 32 heavy (non-hydrogen) atoms. The van der Waals surface area contributed by atoms with E-state index in [2.05, 4.69) is 19.6 Å². The molecule has 2 aromatic heterocycles. The van der Waals surface area contributed by atoms with E-state index in [9.17, 15) is 13.2 Å². The molecule has 1 aliphatic rings. The Morgan fingerprint density at radius 1 is 1.25 bits per heavy atom. The number of hydrogen-bond donors (Lipinski definition) is 1. The molecule has 1 amide bonds. The van der Waals surface area contributed by atoms with Crippen LogP contribution in [0, 0.1) is 6.57 Å². The minimum Gasteiger partial charge on any atom is -0.361 e. The second kappa shape index (κ2) is 8.55. The van der Waals surface area contributed by atoms with Gasteiger partial charge in [0.1, 0.15) is 6.20 Å². The zero-order valence-corrected chi connectivity index (χ0v) is 18.7. The second-order valence-electron chi connectivity index (χ2n) is 8.03. The van der Waals surface area contributed by atoms with Crippen LogP contribution in [0.5, 0.6) is 0 Å². The van der Waals surface area contributed by atoms with Gasteiger partial charge in [0, 0.05) is 12.2 Å². The molecular formula is C23H23N5O3S. The van der Waals surface area contributed by atoms with Gasteiger partial charge in [0.05, 0.1) is 6.42 Å². The van der Waals surface area contributed by atoms with Crippen LogP contribution in [0.4, 0.5) is 5.82 Å². The van der Waals surface area contributed by atoms with Gasteiger partial charge in [-0.05, 0) is 79.1 Å². The van der Waals surface area contributed by atoms with Crippen LogP contribution in [0.1, 0.15) is 43.0 Å². The van der Waals surface area contributed by atoms with Gasteiger partial charge in [-0.3, -0.25) is 9.48 Å². The second-order valence-corrected chi connectivity index (χ2v) is 9.66. The molecule has 0 spiro atoms. The minimum atomic E-state index is -4.08. The molecule has 1 N–H and O–H groups in total. The first kappa shape index (κ1) is 21.7. The fourth-order valence-electron chi connectivity index (χ4n) is 4.01. The maximum absolute atomic E-state index is 12.9. The molecule has 9 heteroatoms. The number of carbonyl (C=O) groups is 1. The van der Waals surface area contributed by atoms with Crippen LogP contribution in [0.3, 0.4) is 0 Å². The number of sulfonamides is 1. The van der Waals surface area contributed by atoms with Crippen LogP contribution in [0.15, 0.2) is 47.8 Å². The molecule has 1 aromatic carbocycles. The first-order valence-electron chi connectivity index (χ1n) is 10.4. The third kappa shape index (κ3) is 4.27. The van der Waals surface area contributed by atoms with Gasteiger partial charge in [-0.1, -0.05) is 18.7 Å². The normalized spacial score (nSPS) is 13.1. The van der Waals surface area contributed by atoms with Crippen LogP contribution < -0.4 is 4.72 Å². The number of nitrogens with zero attached hydrogens (tertiary/aromatic N) is 4. The monoisotopic (exact) mass is 449 g/mol. The van der Waals surface area contributed by atoms with Gasteiger partial charge in [0.15, 0.2) is 5.03 Å². The summed E-state index contributed by atoms with van der Waals surface area (Å²) in [6.45, 7) is 11.0. The van der Waals surface area contributed by atoms with Gasteiger partial charge in [0.25, 0.3) is 15.8 Å². The lowest BCUT2D eigenvalue weighted by Crippen LogP contribution is -2.32. The lowest BCUT2D eigenvalue weighted by atomic mass is 9.91. The van der Waals surface area contributed by atoms with Crippen molar-refractivity contribution in [3.8, 4) is 11.1 Å². The molecule has 164 valence electrons. The van der Waals surface area contributed by atoms with Crippen molar-refractivity contribution in [1.82, 2.24) is 19.5 Å². The lowest BCUT2D eigenvalue weighted by molar-refractivity contribution is -0.118. The number of amides is 1. The van der Waals surface area contributed by atoms with Crippen molar-refractivity contribution in [1.29, 1.82) is 0 Å². The molecule has 0 atom stereocenters. The van der Waals surface area contributed by atoms with E-state index in [1.54, 1.807) is 24.5 Å². The Kier molecular flexibility index (Phi) is 5.80. The summed E-state index contributed by atoms with van der Waals surface area (Å²) >= 11 is 0. The van der Waals surface area contributed by atoms with Crippen LogP contribution in [0.25, 0.3) is 16.0 Å². The van der Waals surface area contributed by atoms with E-state index >= 15 is 0 Å². The summed E-state index contributed by atoms with van der Waals surface area (Å²) in [5.41, 5.74) is 4.65. The highest BCUT2D eigenvalue weighted by Gasteiger charge is 2.25. The van der Waals surface area contributed by atoms with Crippen molar-refractivity contribution in [2.45, 2.75) is 50.6 Å². The van der Waals surface area contributed by atoms with E-state index in [1.165, 1.54) is 16.3 Å². The van der Waals surface area contributed by atoms with Gasteiger partial charge in [-0.25, -0.2) is 4.72 Å². The van der Waals surface area contributed by atoms with Crippen molar-refractivity contribution >= 4 is 21.7 Å². The fourth-order valence-corrected chi connectivity index (χ4v) is 4.93. The molecule has 0 saturated carbocycles. The summed E-state index contributed by atoms with van der Waals surface area (Å²) < 4.78 is 29.1. The third-order valence-corrected chi connectivity index (χ3v) is 6.81. The topological polar surface area (TPSA) is 98.3 Å². The summed E-state index contributed by atoms with van der Waals surface area (Å²) in [5, 5.41) is 3.88. The zero-order chi connectivity index (χ0) is 22.9. The molecular weight excluding hydrogens is 426 g/mol. The summed E-state index contributed by atoms with van der Waals surface area (Å²) in [4.78, 5) is 20.3. The smallest absolute Gasteiger partial charge is 0.283 e. The molecule has 3 aromatic rings. The Hall–Kier alpha value is -3.51. The predicted molar refractivity (Wildman–Crippen MR) is 120 cm³/mol. The van der Waals surface area contributed by atoms with Crippen molar-refractivity contribution in [3.63, 3.8) is 0 Å². The number of fused-ring (bicyclic) bond motifs is 1. The molecule has 0 aliphatic heterocycles. The molecule has 0 radical (unpaired) electrons. The van der Waals surface area contributed by atoms with Crippen molar-refractivity contribution in [2.24, 2.45) is 0 Å². The minimum absolute atomic E-state index is 0.00447. The number of hydrogen-bond acceptors (Lipinski definition) is 5. The van der Waals surface area contributed by atoms with Gasteiger partial charge < -0.3 is 4.85 Å². The molecule has 0 fully saturated rings. The van der Waals surface area contributed by atoms with Gasteiger partial charge in [-0.15, -0.1) is 4.98 Å². The van der Waals surface area contributed by atoms with Crippen molar-refractivity contribution in [2.75, 3.05) is 0 Å². The van der Waals surface area contributed by atoms with E-state index in [0.29, 0.717) is 0 Å². The molecule has 0 bridgehead atoms. The van der Waals surface area contributed by atoms with Gasteiger partial charge in [0.2, 0.25) is 5.91 Å². The lowest BCUT2D eigenvalue weighted by Gasteiger charge is -2.15. The molecule has 8 nitrogen and oxygen atoms in total. The van der Waals surface area contributed by atoms with Gasteiger partial charge in [-0.2, -0.15) is 13.5 Å². The largest absolute Gasteiger partial charge is 0.361 e. The van der Waals surface area contributed by atoms with E-state index in [4.69, 9.17) is 6.57 Å². The summed E-state index contributed by atoms with van der Waals surface area (Å²) in [7, 11) is -4.08. The number of nitrogens with one attached hydrogen (secondary N) is 1. The fraction of sp³-hybridized carbons (Fsp3) is 0.304. The quantitative estimate of drug-likeness (QED) is 0.580. The Balaban J connectivity index is 1.65. The SMILES string of the molecule is [C-]#[N+]c1cc(-c2ccc3c(c2CC(=O)NS(=O)(=O)c2ccn(C(C)C)n2)CCC3)ccn1. The maximum Gasteiger partial charge on any atom is 0.283 e. The third-order valence-electron chi connectivity index (χ3n) is 5.55. The average Bonchev–Trinajstić information content (AvgIpc) is 3.44. The first-order valence-corrected chi connectivity index (χ1v) is 11.8. The molecule has 2 heterocycles. The van der Waals surface area contributed by atoms with Crippen LogP contribution in [-0.2, 0) is 34.1 Å². The highest BCUT2D eigenvalue weighted by atomic mass is 32.2. The maximum atomic E-state index is 12.9. The van der Waals surface area contributed by atoms with Crippen LogP contribution in [0.2, 0.25) is 0 Å². The number of pyridine rings is 1. The Morgan fingerprint density at radius 3 is 2.78 bits per heavy atom. The number of aromatic nitrogens is 3. The van der Waals surface area contributed by atoms with Crippen molar-refractivity contribution < 1.29 is 13.2 Å². The van der Waals surface area contributed by atoms with E-state index in [1.807, 2.05) is 26.0 Å². The standard InChI is InChI=1S/C23H23N5O3S/c1-15(2)28-12-10-23(26-28)32(30,31)27-22(29)14-20-18-6-4-5-16(18)7-8-19(20)17-9-11-25-21(13-17)24-3/h7-13,15H,4-6,14H2,1-2H3,(H,27,29). The average molecular weight is 450 g/mol. The number of aryl methyl sites for hydroxylation is 1. The molecule has 1 aliphatic carbocycles. The predicted octanol–water partition coefficient (Wildman–Crippen LogP) is 3.61. The first-order chi connectivity index (χ1) is 15.3. The van der Waals surface area contributed by atoms with Crippen LogP contribution in [-0.4, -0.2) is 29.1 Å². The van der Waals surface area contributed by atoms with Gasteiger partial charge >= 0.3 is 0 Å². The Bertz CT molecular complexity index is 1340. The van der Waals surface area contributed by atoms with E-state index < -0.39 is 15.9 Å². The zero-order valence-electron chi connectivity index (χ0n) is 17.9. The summed E-state index contributed by atoms with van der Waals surface area (Å²) in [6.07, 6.45) is 5.80. The number of carbonyl (C=O) groups excluding carboxylic acids is 1.